The minimum absolute atomic E-state index is 0.0848. The molecule has 1 aliphatic rings. The number of hydrogen-bond acceptors (Lipinski definition) is 2. The summed E-state index contributed by atoms with van der Waals surface area (Å²) in [5, 5.41) is 2.79. The maximum Gasteiger partial charge on any atom is 0.324 e. The fraction of sp³-hybridized carbons (Fsp3) is 0.429. The Morgan fingerprint density at radius 3 is 2.67 bits per heavy atom. The smallest absolute Gasteiger partial charge is 0.324 e. The van der Waals surface area contributed by atoms with Gasteiger partial charge in [0.25, 0.3) is 0 Å². The zero-order chi connectivity index (χ0) is 13.0. The third-order valence-corrected chi connectivity index (χ3v) is 3.20. The number of benzene rings is 1. The highest BCUT2D eigenvalue weighted by Gasteiger charge is 2.34. The Hall–Kier alpha value is -1.84. The van der Waals surface area contributed by atoms with E-state index in [1.807, 2.05) is 37.3 Å². The molecule has 0 aromatic heterocycles. The summed E-state index contributed by atoms with van der Waals surface area (Å²) < 4.78 is 0. The third kappa shape index (κ3) is 2.53. The molecule has 4 nitrogen and oxygen atoms in total. The maximum absolute atomic E-state index is 12.3. The number of amides is 3. The Bertz CT molecular complexity index is 431. The van der Waals surface area contributed by atoms with Gasteiger partial charge in [0, 0.05) is 13.1 Å². The lowest BCUT2D eigenvalue weighted by atomic mass is 9.96. The predicted molar refractivity (Wildman–Crippen MR) is 69.2 cm³/mol. The van der Waals surface area contributed by atoms with E-state index in [2.05, 4.69) is 5.32 Å². The molecule has 18 heavy (non-hydrogen) atoms. The van der Waals surface area contributed by atoms with Crippen molar-refractivity contribution in [1.82, 2.24) is 10.2 Å². The first-order valence-corrected chi connectivity index (χ1v) is 6.38. The SMILES string of the molecule is CCCCN1C(=O)NCC(c2ccccc2)C1=O. The molecule has 4 heteroatoms. The van der Waals surface area contributed by atoms with Gasteiger partial charge in [0.05, 0.1) is 5.92 Å². The number of carbonyl (C=O) groups is 2. The molecular formula is C14H18N2O2. The summed E-state index contributed by atoms with van der Waals surface area (Å²) in [6.07, 6.45) is 1.81. The summed E-state index contributed by atoms with van der Waals surface area (Å²) in [6.45, 7) is 2.94. The van der Waals surface area contributed by atoms with E-state index in [1.165, 1.54) is 4.90 Å². The van der Waals surface area contributed by atoms with Crippen molar-refractivity contribution in [3.05, 3.63) is 35.9 Å². The summed E-state index contributed by atoms with van der Waals surface area (Å²) in [7, 11) is 0. The van der Waals surface area contributed by atoms with E-state index < -0.39 is 0 Å². The Kier molecular flexibility index (Phi) is 3.97. The molecule has 0 aliphatic carbocycles. The fourth-order valence-corrected chi connectivity index (χ4v) is 2.13. The first kappa shape index (κ1) is 12.6. The van der Waals surface area contributed by atoms with E-state index in [0.29, 0.717) is 13.1 Å². The van der Waals surface area contributed by atoms with Crippen molar-refractivity contribution in [1.29, 1.82) is 0 Å². The first-order chi connectivity index (χ1) is 8.74. The Labute approximate surface area is 107 Å². The van der Waals surface area contributed by atoms with Gasteiger partial charge in [0.1, 0.15) is 0 Å². The Balaban J connectivity index is 2.14. The van der Waals surface area contributed by atoms with E-state index in [1.54, 1.807) is 0 Å². The third-order valence-electron chi connectivity index (χ3n) is 3.20. The number of urea groups is 1. The summed E-state index contributed by atoms with van der Waals surface area (Å²) in [6, 6.07) is 9.34. The number of unbranched alkanes of at least 4 members (excludes halogenated alkanes) is 1. The topological polar surface area (TPSA) is 49.4 Å². The number of carbonyl (C=O) groups excluding carboxylic acids is 2. The lowest BCUT2D eigenvalue weighted by Gasteiger charge is -2.31. The van der Waals surface area contributed by atoms with Gasteiger partial charge in [-0.2, -0.15) is 0 Å². The van der Waals surface area contributed by atoms with Crippen molar-refractivity contribution in [2.45, 2.75) is 25.7 Å². The lowest BCUT2D eigenvalue weighted by Crippen LogP contribution is -2.54. The van der Waals surface area contributed by atoms with Gasteiger partial charge in [-0.3, -0.25) is 9.69 Å². The van der Waals surface area contributed by atoms with Crippen LogP contribution in [0.1, 0.15) is 31.2 Å². The van der Waals surface area contributed by atoms with Crippen molar-refractivity contribution in [2.75, 3.05) is 13.1 Å². The molecule has 1 aliphatic heterocycles. The second kappa shape index (κ2) is 5.67. The molecule has 3 amide bonds. The summed E-state index contributed by atoms with van der Waals surface area (Å²) in [5.41, 5.74) is 0.962. The molecule has 2 rings (SSSR count). The highest BCUT2D eigenvalue weighted by atomic mass is 16.2. The zero-order valence-corrected chi connectivity index (χ0v) is 10.6. The molecule has 0 bridgehead atoms. The first-order valence-electron chi connectivity index (χ1n) is 6.38. The zero-order valence-electron chi connectivity index (χ0n) is 10.6. The molecule has 0 saturated carbocycles. The summed E-state index contributed by atoms with van der Waals surface area (Å²) in [5.74, 6) is -0.334. The highest BCUT2D eigenvalue weighted by molar-refractivity contribution is 6.00. The quantitative estimate of drug-likeness (QED) is 0.884. The van der Waals surface area contributed by atoms with E-state index in [-0.39, 0.29) is 17.9 Å². The summed E-state index contributed by atoms with van der Waals surface area (Å²) >= 11 is 0. The average Bonchev–Trinajstić information content (AvgIpc) is 2.40. The Morgan fingerprint density at radius 2 is 2.00 bits per heavy atom. The van der Waals surface area contributed by atoms with Crippen LogP contribution in [0.3, 0.4) is 0 Å². The molecule has 0 radical (unpaired) electrons. The number of rotatable bonds is 4. The van der Waals surface area contributed by atoms with Gasteiger partial charge in [-0.05, 0) is 12.0 Å². The van der Waals surface area contributed by atoms with Crippen LogP contribution in [0.2, 0.25) is 0 Å². The van der Waals surface area contributed by atoms with Gasteiger partial charge in [-0.15, -0.1) is 0 Å². The molecule has 1 heterocycles. The molecule has 1 fully saturated rings. The monoisotopic (exact) mass is 246 g/mol. The summed E-state index contributed by atoms with van der Waals surface area (Å²) in [4.78, 5) is 25.3. The largest absolute Gasteiger partial charge is 0.336 e. The normalized spacial score (nSPS) is 19.8. The average molecular weight is 246 g/mol. The number of nitrogens with one attached hydrogen (secondary N) is 1. The number of hydrogen-bond donors (Lipinski definition) is 1. The van der Waals surface area contributed by atoms with Crippen LogP contribution in [-0.2, 0) is 4.79 Å². The van der Waals surface area contributed by atoms with E-state index in [9.17, 15) is 9.59 Å². The molecule has 0 spiro atoms. The van der Waals surface area contributed by atoms with Crippen LogP contribution in [0.25, 0.3) is 0 Å². The van der Waals surface area contributed by atoms with E-state index >= 15 is 0 Å². The van der Waals surface area contributed by atoms with Gasteiger partial charge in [0.15, 0.2) is 0 Å². The molecule has 1 atom stereocenters. The minimum Gasteiger partial charge on any atom is -0.336 e. The van der Waals surface area contributed by atoms with Crippen LogP contribution < -0.4 is 5.32 Å². The number of imide groups is 1. The molecule has 96 valence electrons. The van der Waals surface area contributed by atoms with E-state index in [4.69, 9.17) is 0 Å². The van der Waals surface area contributed by atoms with Crippen LogP contribution in [0.15, 0.2) is 30.3 Å². The molecule has 1 aromatic rings. The molecule has 1 saturated heterocycles. The van der Waals surface area contributed by atoms with Crippen molar-refractivity contribution in [3.63, 3.8) is 0 Å². The fourth-order valence-electron chi connectivity index (χ4n) is 2.13. The van der Waals surface area contributed by atoms with Crippen LogP contribution in [-0.4, -0.2) is 29.9 Å². The lowest BCUT2D eigenvalue weighted by molar-refractivity contribution is -0.131. The standard InChI is InChI=1S/C14H18N2O2/c1-2-3-9-16-13(17)12(10-15-14(16)18)11-7-5-4-6-8-11/h4-8,12H,2-3,9-10H2,1H3,(H,15,18). The highest BCUT2D eigenvalue weighted by Crippen LogP contribution is 2.21. The van der Waals surface area contributed by atoms with Gasteiger partial charge in [-0.1, -0.05) is 43.7 Å². The van der Waals surface area contributed by atoms with Crippen molar-refractivity contribution in [2.24, 2.45) is 0 Å². The Morgan fingerprint density at radius 1 is 1.28 bits per heavy atom. The molecular weight excluding hydrogens is 228 g/mol. The maximum atomic E-state index is 12.3. The second-order valence-corrected chi connectivity index (χ2v) is 4.49. The van der Waals surface area contributed by atoms with E-state index in [0.717, 1.165) is 18.4 Å². The van der Waals surface area contributed by atoms with Crippen molar-refractivity contribution >= 4 is 11.9 Å². The second-order valence-electron chi connectivity index (χ2n) is 4.49. The molecule has 1 unspecified atom stereocenters. The van der Waals surface area contributed by atoms with Gasteiger partial charge < -0.3 is 5.32 Å². The predicted octanol–water partition coefficient (Wildman–Crippen LogP) is 2.12. The van der Waals surface area contributed by atoms with Crippen molar-refractivity contribution < 1.29 is 9.59 Å². The molecule has 1 aromatic carbocycles. The van der Waals surface area contributed by atoms with Crippen LogP contribution in [0.4, 0.5) is 4.79 Å². The van der Waals surface area contributed by atoms with Crippen molar-refractivity contribution in [3.8, 4) is 0 Å². The van der Waals surface area contributed by atoms with Gasteiger partial charge in [-0.25, -0.2) is 4.79 Å². The van der Waals surface area contributed by atoms with Crippen LogP contribution >= 0.6 is 0 Å². The number of nitrogens with zero attached hydrogens (tertiary/aromatic N) is 1. The minimum atomic E-state index is -0.263. The van der Waals surface area contributed by atoms with Gasteiger partial charge in [0.2, 0.25) is 5.91 Å². The molecule has 1 N–H and O–H groups in total. The van der Waals surface area contributed by atoms with Crippen LogP contribution in [0.5, 0.6) is 0 Å². The van der Waals surface area contributed by atoms with Gasteiger partial charge >= 0.3 is 6.03 Å². The van der Waals surface area contributed by atoms with Crippen LogP contribution in [0, 0.1) is 0 Å².